The van der Waals surface area contributed by atoms with Gasteiger partial charge in [0.1, 0.15) is 6.04 Å². The second kappa shape index (κ2) is 8.37. The first-order valence-corrected chi connectivity index (χ1v) is 11.8. The van der Waals surface area contributed by atoms with E-state index in [1.807, 2.05) is 29.2 Å². The molecule has 0 radical (unpaired) electrons. The summed E-state index contributed by atoms with van der Waals surface area (Å²) in [5, 5.41) is -0.283. The highest BCUT2D eigenvalue weighted by molar-refractivity contribution is 7.90. The number of carbonyl (C=O) groups is 1. The number of hydrogen-bond donors (Lipinski definition) is 2. The van der Waals surface area contributed by atoms with E-state index in [0.717, 1.165) is 27.8 Å². The first kappa shape index (κ1) is 22.0. The Kier molecular flexibility index (Phi) is 5.75. The molecule has 1 aromatic heterocycles. The van der Waals surface area contributed by atoms with Gasteiger partial charge in [0.05, 0.1) is 0 Å². The molecule has 0 aliphatic carbocycles. The second-order valence-corrected chi connectivity index (χ2v) is 9.91. The number of pyridine rings is 1. The third-order valence-electron chi connectivity index (χ3n) is 5.81. The SMILES string of the molecule is Cc1cc(C)c(CN2Cc3ccccc3C2C(=O)NS(=O)(=O)c2cc(N)ccn2)c(C)c1. The number of nitrogens with two attached hydrogens (primary N) is 1. The van der Waals surface area contributed by atoms with Crippen molar-refractivity contribution in [3.63, 3.8) is 0 Å². The van der Waals surface area contributed by atoms with Crippen LogP contribution in [-0.2, 0) is 27.9 Å². The standard InChI is InChI=1S/C24H26N4O3S/c1-15-10-16(2)21(17(3)11-15)14-28-13-18-6-4-5-7-20(18)23(28)24(29)27-32(30,31)22-12-19(25)8-9-26-22/h4-12,23H,13-14H2,1-3H3,(H2,25,26)(H,27,29). The van der Waals surface area contributed by atoms with E-state index in [0.29, 0.717) is 13.1 Å². The molecule has 8 heteroatoms. The number of fused-ring (bicyclic) bond motifs is 1. The van der Waals surface area contributed by atoms with Gasteiger partial charge in [0.15, 0.2) is 5.03 Å². The number of nitrogens with zero attached hydrogens (tertiary/aromatic N) is 2. The molecule has 7 nitrogen and oxygen atoms in total. The zero-order valence-corrected chi connectivity index (χ0v) is 19.1. The maximum Gasteiger partial charge on any atom is 0.281 e. The number of amides is 1. The molecule has 1 atom stereocenters. The van der Waals surface area contributed by atoms with Gasteiger partial charge in [-0.15, -0.1) is 0 Å². The number of carbonyl (C=O) groups excluding carboxylic acids is 1. The minimum absolute atomic E-state index is 0.256. The number of benzene rings is 2. The van der Waals surface area contributed by atoms with Gasteiger partial charge in [0.2, 0.25) is 0 Å². The summed E-state index contributed by atoms with van der Waals surface area (Å²) in [5.41, 5.74) is 12.4. The van der Waals surface area contributed by atoms with Crippen LogP contribution >= 0.6 is 0 Å². The fraction of sp³-hybridized carbons (Fsp3) is 0.250. The Morgan fingerprint density at radius 1 is 1.12 bits per heavy atom. The van der Waals surface area contributed by atoms with Crippen molar-refractivity contribution in [3.8, 4) is 0 Å². The van der Waals surface area contributed by atoms with Gasteiger partial charge in [0.25, 0.3) is 15.9 Å². The van der Waals surface area contributed by atoms with Crippen LogP contribution in [0, 0.1) is 20.8 Å². The fourth-order valence-electron chi connectivity index (χ4n) is 4.38. The number of aromatic nitrogens is 1. The largest absolute Gasteiger partial charge is 0.399 e. The molecule has 0 spiro atoms. The lowest BCUT2D eigenvalue weighted by molar-refractivity contribution is -0.124. The van der Waals surface area contributed by atoms with E-state index >= 15 is 0 Å². The van der Waals surface area contributed by atoms with Crippen molar-refractivity contribution in [1.82, 2.24) is 14.6 Å². The molecule has 0 fully saturated rings. The smallest absolute Gasteiger partial charge is 0.281 e. The van der Waals surface area contributed by atoms with Gasteiger partial charge in [0, 0.05) is 31.0 Å². The maximum atomic E-state index is 13.3. The molecule has 0 saturated carbocycles. The Morgan fingerprint density at radius 3 is 2.50 bits per heavy atom. The zero-order valence-electron chi connectivity index (χ0n) is 18.3. The summed E-state index contributed by atoms with van der Waals surface area (Å²) in [6, 6.07) is 13.9. The number of anilines is 1. The van der Waals surface area contributed by atoms with Crippen LogP contribution in [0.15, 0.2) is 59.8 Å². The van der Waals surface area contributed by atoms with Crippen molar-refractivity contribution in [2.75, 3.05) is 5.73 Å². The molecule has 3 aromatic rings. The van der Waals surface area contributed by atoms with Gasteiger partial charge in [-0.05, 0) is 54.7 Å². The van der Waals surface area contributed by atoms with E-state index in [1.165, 1.54) is 23.9 Å². The lowest BCUT2D eigenvalue weighted by Gasteiger charge is -2.26. The van der Waals surface area contributed by atoms with Gasteiger partial charge in [-0.25, -0.2) is 9.71 Å². The van der Waals surface area contributed by atoms with Crippen molar-refractivity contribution in [2.24, 2.45) is 0 Å². The molecule has 4 rings (SSSR count). The average Bonchev–Trinajstić information content (AvgIpc) is 3.08. The lowest BCUT2D eigenvalue weighted by atomic mass is 9.99. The molecule has 1 amide bonds. The van der Waals surface area contributed by atoms with E-state index in [-0.39, 0.29) is 10.7 Å². The Morgan fingerprint density at radius 2 is 1.81 bits per heavy atom. The number of sulfonamides is 1. The van der Waals surface area contributed by atoms with Crippen LogP contribution in [-0.4, -0.2) is 24.2 Å². The summed E-state index contributed by atoms with van der Waals surface area (Å²) >= 11 is 0. The number of rotatable bonds is 5. The minimum Gasteiger partial charge on any atom is -0.399 e. The van der Waals surface area contributed by atoms with Gasteiger partial charge < -0.3 is 5.73 Å². The van der Waals surface area contributed by atoms with Crippen molar-refractivity contribution >= 4 is 21.6 Å². The molecular weight excluding hydrogens is 424 g/mol. The van der Waals surface area contributed by atoms with Crippen LogP contribution in [0.25, 0.3) is 0 Å². The average molecular weight is 451 g/mol. The number of aryl methyl sites for hydroxylation is 3. The highest BCUT2D eigenvalue weighted by Crippen LogP contribution is 2.36. The van der Waals surface area contributed by atoms with Crippen LogP contribution < -0.4 is 10.5 Å². The summed E-state index contributed by atoms with van der Waals surface area (Å²) < 4.78 is 27.8. The van der Waals surface area contributed by atoms with Crippen LogP contribution in [0.4, 0.5) is 5.69 Å². The van der Waals surface area contributed by atoms with Gasteiger partial charge in [-0.3, -0.25) is 9.69 Å². The summed E-state index contributed by atoms with van der Waals surface area (Å²) in [4.78, 5) is 19.2. The van der Waals surface area contributed by atoms with Gasteiger partial charge >= 0.3 is 0 Å². The first-order chi connectivity index (χ1) is 15.2. The molecular formula is C24H26N4O3S. The molecule has 32 heavy (non-hydrogen) atoms. The predicted molar refractivity (Wildman–Crippen MR) is 123 cm³/mol. The molecule has 2 heterocycles. The quantitative estimate of drug-likeness (QED) is 0.619. The lowest BCUT2D eigenvalue weighted by Crippen LogP contribution is -2.40. The summed E-state index contributed by atoms with van der Waals surface area (Å²) in [6.45, 7) is 7.26. The van der Waals surface area contributed by atoms with Crippen molar-refractivity contribution < 1.29 is 13.2 Å². The molecule has 1 aliphatic rings. The van der Waals surface area contributed by atoms with E-state index in [1.54, 1.807) is 0 Å². The monoisotopic (exact) mass is 450 g/mol. The van der Waals surface area contributed by atoms with Crippen LogP contribution in [0.2, 0.25) is 0 Å². The van der Waals surface area contributed by atoms with E-state index < -0.39 is 22.0 Å². The Bertz CT molecular complexity index is 1280. The summed E-state index contributed by atoms with van der Waals surface area (Å²) in [7, 11) is -4.16. The van der Waals surface area contributed by atoms with Crippen LogP contribution in [0.1, 0.15) is 39.4 Å². The fourth-order valence-corrected chi connectivity index (χ4v) is 5.35. The molecule has 1 aliphatic heterocycles. The minimum atomic E-state index is -4.16. The van der Waals surface area contributed by atoms with Crippen molar-refractivity contribution in [1.29, 1.82) is 0 Å². The van der Waals surface area contributed by atoms with Crippen molar-refractivity contribution in [2.45, 2.75) is 44.9 Å². The second-order valence-electron chi connectivity index (χ2n) is 8.28. The normalized spacial score (nSPS) is 16.0. The van der Waals surface area contributed by atoms with E-state index in [4.69, 9.17) is 5.73 Å². The Labute approximate surface area is 188 Å². The molecule has 0 bridgehead atoms. The van der Waals surface area contributed by atoms with Crippen LogP contribution in [0.5, 0.6) is 0 Å². The summed E-state index contributed by atoms with van der Waals surface area (Å²) in [5.74, 6) is -0.610. The number of nitrogens with one attached hydrogen (secondary N) is 1. The first-order valence-electron chi connectivity index (χ1n) is 10.3. The zero-order chi connectivity index (χ0) is 23.0. The molecule has 2 aromatic carbocycles. The highest BCUT2D eigenvalue weighted by atomic mass is 32.2. The number of nitrogen functional groups attached to an aromatic ring is 1. The predicted octanol–water partition coefficient (Wildman–Crippen LogP) is 3.15. The maximum absolute atomic E-state index is 13.3. The highest BCUT2D eigenvalue weighted by Gasteiger charge is 2.37. The third kappa shape index (κ3) is 4.24. The van der Waals surface area contributed by atoms with Crippen LogP contribution in [0.3, 0.4) is 0 Å². The molecule has 166 valence electrons. The van der Waals surface area contributed by atoms with E-state index in [9.17, 15) is 13.2 Å². The van der Waals surface area contributed by atoms with Gasteiger partial charge in [-0.1, -0.05) is 42.0 Å². The molecule has 1 unspecified atom stereocenters. The topological polar surface area (TPSA) is 105 Å². The summed E-state index contributed by atoms with van der Waals surface area (Å²) in [6.07, 6.45) is 1.30. The van der Waals surface area contributed by atoms with Crippen molar-refractivity contribution in [3.05, 3.63) is 88.1 Å². The Hall–Kier alpha value is -3.23. The molecule has 3 N–H and O–H groups in total. The molecule has 0 saturated heterocycles. The van der Waals surface area contributed by atoms with E-state index in [2.05, 4.69) is 42.6 Å². The number of hydrogen-bond acceptors (Lipinski definition) is 6. The Balaban J connectivity index is 1.67. The third-order valence-corrected chi connectivity index (χ3v) is 7.05. The van der Waals surface area contributed by atoms with Gasteiger partial charge in [-0.2, -0.15) is 8.42 Å².